The molecular formula is C6H3N3O2. The molecule has 54 valence electrons. The number of rotatable bonds is 0. The normalized spacial score (nSPS) is 20.7. The van der Waals surface area contributed by atoms with Gasteiger partial charge in [-0.25, -0.2) is 9.79 Å². The third kappa shape index (κ3) is 0.778. The van der Waals surface area contributed by atoms with Gasteiger partial charge in [-0.05, 0) is 6.08 Å². The highest BCUT2D eigenvalue weighted by atomic mass is 16.2. The Hall–Kier alpha value is -1.78. The number of fused-ring (bicyclic) bond motifs is 1. The fourth-order valence-corrected chi connectivity index (χ4v) is 0.886. The molecule has 0 saturated carbocycles. The number of urea groups is 1. The van der Waals surface area contributed by atoms with E-state index >= 15 is 0 Å². The number of carbonyl (C=O) groups excluding carboxylic acids is 2. The molecule has 0 aromatic rings. The number of carbonyl (C=O) groups is 2. The number of aliphatic imine (C=N–C) groups is 2. The van der Waals surface area contributed by atoms with Gasteiger partial charge in [-0.3, -0.25) is 10.1 Å². The Kier molecular flexibility index (Phi) is 1.00. The van der Waals surface area contributed by atoms with Gasteiger partial charge >= 0.3 is 6.03 Å². The van der Waals surface area contributed by atoms with Crippen LogP contribution in [0.3, 0.4) is 0 Å². The number of nitrogens with one attached hydrogen (secondary N) is 1. The molecule has 0 fully saturated rings. The fourth-order valence-electron chi connectivity index (χ4n) is 0.886. The molecule has 0 aromatic carbocycles. The van der Waals surface area contributed by atoms with E-state index in [0.29, 0.717) is 5.71 Å². The average molecular weight is 149 g/mol. The van der Waals surface area contributed by atoms with E-state index in [1.165, 1.54) is 12.3 Å². The van der Waals surface area contributed by atoms with Crippen molar-refractivity contribution in [3.63, 3.8) is 0 Å². The molecule has 2 aliphatic heterocycles. The van der Waals surface area contributed by atoms with Gasteiger partial charge in [0, 0.05) is 6.20 Å². The van der Waals surface area contributed by atoms with Crippen molar-refractivity contribution < 1.29 is 9.59 Å². The summed E-state index contributed by atoms with van der Waals surface area (Å²) >= 11 is 0. The largest absolute Gasteiger partial charge is 0.348 e. The minimum atomic E-state index is -0.629. The molecule has 0 atom stereocenters. The maximum Gasteiger partial charge on any atom is 0.348 e. The van der Waals surface area contributed by atoms with E-state index in [2.05, 4.69) is 9.98 Å². The third-order valence-electron chi connectivity index (χ3n) is 1.34. The van der Waals surface area contributed by atoms with Crippen LogP contribution in [0.2, 0.25) is 0 Å². The fraction of sp³-hybridized carbons (Fsp3) is 0. The highest BCUT2D eigenvalue weighted by Crippen LogP contribution is 2.03. The average Bonchev–Trinajstić information content (AvgIpc) is 2.34. The van der Waals surface area contributed by atoms with E-state index in [9.17, 15) is 9.59 Å². The van der Waals surface area contributed by atoms with E-state index < -0.39 is 11.9 Å². The van der Waals surface area contributed by atoms with E-state index in [4.69, 9.17) is 0 Å². The first kappa shape index (κ1) is 5.96. The molecule has 0 unspecified atom stereocenters. The third-order valence-corrected chi connectivity index (χ3v) is 1.34. The SMILES string of the molecule is O=C1N=C2C=CN=C2C(=O)N1. The maximum atomic E-state index is 10.9. The van der Waals surface area contributed by atoms with Crippen molar-refractivity contribution in [2.45, 2.75) is 0 Å². The lowest BCUT2D eigenvalue weighted by Gasteiger charge is -2.06. The molecule has 0 bridgehead atoms. The maximum absolute atomic E-state index is 10.9. The van der Waals surface area contributed by atoms with Crippen molar-refractivity contribution in [1.82, 2.24) is 5.32 Å². The van der Waals surface area contributed by atoms with Crippen LogP contribution in [0.4, 0.5) is 4.79 Å². The van der Waals surface area contributed by atoms with Gasteiger partial charge in [-0.15, -0.1) is 0 Å². The summed E-state index contributed by atoms with van der Waals surface area (Å²) in [5.74, 6) is -0.481. The van der Waals surface area contributed by atoms with Crippen molar-refractivity contribution in [2.75, 3.05) is 0 Å². The van der Waals surface area contributed by atoms with Crippen molar-refractivity contribution in [2.24, 2.45) is 9.98 Å². The first-order valence-electron chi connectivity index (χ1n) is 2.96. The monoisotopic (exact) mass is 149 g/mol. The van der Waals surface area contributed by atoms with Crippen LogP contribution in [0.5, 0.6) is 0 Å². The number of hydrogen-bond donors (Lipinski definition) is 1. The Morgan fingerprint density at radius 1 is 1.36 bits per heavy atom. The highest BCUT2D eigenvalue weighted by Gasteiger charge is 2.26. The first-order valence-corrected chi connectivity index (χ1v) is 2.96. The second kappa shape index (κ2) is 1.85. The molecule has 0 aromatic heterocycles. The smallest absolute Gasteiger partial charge is 0.271 e. The van der Waals surface area contributed by atoms with Crippen LogP contribution in [0, 0.1) is 0 Å². The lowest BCUT2D eigenvalue weighted by atomic mass is 10.2. The highest BCUT2D eigenvalue weighted by molar-refractivity contribution is 6.72. The predicted molar refractivity (Wildman–Crippen MR) is 37.5 cm³/mol. The molecule has 5 nitrogen and oxygen atoms in total. The predicted octanol–water partition coefficient (Wildman–Crippen LogP) is -0.354. The number of nitrogens with zero attached hydrogens (tertiary/aromatic N) is 2. The van der Waals surface area contributed by atoms with E-state index in [1.807, 2.05) is 5.32 Å². The summed E-state index contributed by atoms with van der Waals surface area (Å²) in [6.07, 6.45) is 2.96. The molecule has 2 rings (SSSR count). The van der Waals surface area contributed by atoms with Crippen LogP contribution in [0.1, 0.15) is 0 Å². The van der Waals surface area contributed by atoms with Crippen LogP contribution in [-0.2, 0) is 4.79 Å². The van der Waals surface area contributed by atoms with Crippen LogP contribution < -0.4 is 5.32 Å². The summed E-state index contributed by atoms with van der Waals surface area (Å²) in [5, 5.41) is 2.01. The quantitative estimate of drug-likeness (QED) is 0.511. The molecule has 0 spiro atoms. The van der Waals surface area contributed by atoms with Crippen molar-refractivity contribution in [3.8, 4) is 0 Å². The van der Waals surface area contributed by atoms with Gasteiger partial charge in [-0.1, -0.05) is 0 Å². The Morgan fingerprint density at radius 3 is 3.00 bits per heavy atom. The van der Waals surface area contributed by atoms with Crippen LogP contribution in [-0.4, -0.2) is 23.4 Å². The zero-order valence-electron chi connectivity index (χ0n) is 5.37. The van der Waals surface area contributed by atoms with Gasteiger partial charge < -0.3 is 0 Å². The number of imide groups is 1. The summed E-state index contributed by atoms with van der Waals surface area (Å²) in [6, 6.07) is -0.629. The Labute approximate surface area is 61.5 Å². The number of hydrogen-bond acceptors (Lipinski definition) is 3. The van der Waals surface area contributed by atoms with Crippen molar-refractivity contribution in [1.29, 1.82) is 0 Å². The van der Waals surface area contributed by atoms with E-state index in [0.717, 1.165) is 0 Å². The molecule has 5 heteroatoms. The van der Waals surface area contributed by atoms with Gasteiger partial charge in [0.25, 0.3) is 5.91 Å². The zero-order valence-corrected chi connectivity index (χ0v) is 5.37. The zero-order chi connectivity index (χ0) is 7.84. The van der Waals surface area contributed by atoms with Crippen LogP contribution in [0.25, 0.3) is 0 Å². The lowest BCUT2D eigenvalue weighted by Crippen LogP contribution is -2.41. The molecule has 0 aliphatic carbocycles. The molecule has 1 N–H and O–H groups in total. The first-order chi connectivity index (χ1) is 5.27. The van der Waals surface area contributed by atoms with Gasteiger partial charge in [0.2, 0.25) is 0 Å². The van der Waals surface area contributed by atoms with Gasteiger partial charge in [-0.2, -0.15) is 4.99 Å². The van der Waals surface area contributed by atoms with E-state index in [1.54, 1.807) is 0 Å². The molecule has 3 amide bonds. The van der Waals surface area contributed by atoms with E-state index in [-0.39, 0.29) is 5.71 Å². The summed E-state index contributed by atoms with van der Waals surface area (Å²) in [6.45, 7) is 0. The topological polar surface area (TPSA) is 70.9 Å². The van der Waals surface area contributed by atoms with Gasteiger partial charge in [0.1, 0.15) is 5.71 Å². The summed E-state index contributed by atoms with van der Waals surface area (Å²) in [4.78, 5) is 28.7. The molecule has 0 radical (unpaired) electrons. The van der Waals surface area contributed by atoms with Crippen molar-refractivity contribution >= 4 is 23.4 Å². The standard InChI is InChI=1S/C6H3N3O2/c10-5-4-3(1-2-7-4)8-6(11)9-5/h1-2H,(H,9,10,11). The second-order valence-electron chi connectivity index (χ2n) is 2.05. The minimum absolute atomic E-state index is 0.213. The molecule has 2 aliphatic rings. The van der Waals surface area contributed by atoms with Crippen molar-refractivity contribution in [3.05, 3.63) is 12.3 Å². The molecule has 2 heterocycles. The van der Waals surface area contributed by atoms with Crippen LogP contribution >= 0.6 is 0 Å². The lowest BCUT2D eigenvalue weighted by molar-refractivity contribution is -0.113. The number of allylic oxidation sites excluding steroid dienone is 1. The molecule has 0 saturated heterocycles. The molecular weight excluding hydrogens is 146 g/mol. The summed E-state index contributed by atoms with van der Waals surface area (Å²) in [7, 11) is 0. The summed E-state index contributed by atoms with van der Waals surface area (Å²) < 4.78 is 0. The minimum Gasteiger partial charge on any atom is -0.271 e. The Balaban J connectivity index is 2.53. The Bertz CT molecular complexity index is 338. The Morgan fingerprint density at radius 2 is 2.18 bits per heavy atom. The van der Waals surface area contributed by atoms with Crippen LogP contribution in [0.15, 0.2) is 22.3 Å². The second-order valence-corrected chi connectivity index (χ2v) is 2.05. The van der Waals surface area contributed by atoms with Gasteiger partial charge in [0.15, 0.2) is 5.71 Å². The van der Waals surface area contributed by atoms with Gasteiger partial charge in [0.05, 0.1) is 0 Å². The molecule has 11 heavy (non-hydrogen) atoms. The summed E-state index contributed by atoms with van der Waals surface area (Å²) in [5.41, 5.74) is 0.559. The number of amides is 3.